The molecule has 0 bridgehead atoms. The predicted molar refractivity (Wildman–Crippen MR) is 82.0 cm³/mol. The van der Waals surface area contributed by atoms with E-state index in [1.54, 1.807) is 0 Å². The quantitative estimate of drug-likeness (QED) is 0.893. The molecule has 1 aliphatic rings. The Morgan fingerprint density at radius 3 is 2.86 bits per heavy atom. The lowest BCUT2D eigenvalue weighted by atomic mass is 10.1. The van der Waals surface area contributed by atoms with E-state index in [9.17, 15) is 4.79 Å². The number of nitrogens with zero attached hydrogens (tertiary/aromatic N) is 3. The van der Waals surface area contributed by atoms with Gasteiger partial charge in [0, 0.05) is 12.6 Å². The Morgan fingerprint density at radius 2 is 2.14 bits per heavy atom. The lowest BCUT2D eigenvalue weighted by Gasteiger charge is -2.23. The van der Waals surface area contributed by atoms with E-state index in [1.165, 1.54) is 11.0 Å². The van der Waals surface area contributed by atoms with Crippen molar-refractivity contribution in [3.8, 4) is 5.69 Å². The van der Waals surface area contributed by atoms with Gasteiger partial charge in [-0.3, -0.25) is 4.79 Å². The molecule has 3 rings (SSSR count). The van der Waals surface area contributed by atoms with Gasteiger partial charge in [0.15, 0.2) is 5.69 Å². The fourth-order valence-corrected chi connectivity index (χ4v) is 2.29. The van der Waals surface area contributed by atoms with Gasteiger partial charge in [-0.1, -0.05) is 18.2 Å². The average molecular weight is 308 g/mol. The highest BCUT2D eigenvalue weighted by Gasteiger charge is 2.18. The molecule has 1 aromatic heterocycles. The smallest absolute Gasteiger partial charge is 0.273 e. The molecular formula is C14H18ClN5O. The Balaban J connectivity index is 0.00000161. The van der Waals surface area contributed by atoms with E-state index in [4.69, 9.17) is 0 Å². The van der Waals surface area contributed by atoms with Crippen molar-refractivity contribution in [2.24, 2.45) is 0 Å². The predicted octanol–water partition coefficient (Wildman–Crippen LogP) is 1.17. The molecule has 7 heteroatoms. The number of nitrogens with one attached hydrogen (secondary N) is 2. The Hall–Kier alpha value is -1.92. The summed E-state index contributed by atoms with van der Waals surface area (Å²) in [4.78, 5) is 13.6. The molecule has 0 unspecified atom stereocenters. The number of benzene rings is 1. The average Bonchev–Trinajstić information content (AvgIpc) is 2.99. The van der Waals surface area contributed by atoms with Crippen LogP contribution in [0.2, 0.25) is 0 Å². The lowest BCUT2D eigenvalue weighted by Crippen LogP contribution is -2.45. The van der Waals surface area contributed by atoms with Gasteiger partial charge in [-0.15, -0.1) is 17.5 Å². The minimum Gasteiger partial charge on any atom is -0.347 e. The second-order valence-electron chi connectivity index (χ2n) is 4.87. The molecule has 2 N–H and O–H groups in total. The molecule has 1 aromatic carbocycles. The molecule has 0 saturated carbocycles. The molecule has 2 aromatic rings. The van der Waals surface area contributed by atoms with Crippen molar-refractivity contribution in [3.05, 3.63) is 42.2 Å². The fraction of sp³-hybridized carbons (Fsp3) is 0.357. The van der Waals surface area contributed by atoms with Crippen LogP contribution in [0.1, 0.15) is 23.3 Å². The van der Waals surface area contributed by atoms with Crippen LogP contribution in [0.5, 0.6) is 0 Å². The summed E-state index contributed by atoms with van der Waals surface area (Å²) in [5, 5.41) is 14.6. The first kappa shape index (κ1) is 15.5. The molecule has 6 nitrogen and oxygen atoms in total. The monoisotopic (exact) mass is 307 g/mol. The summed E-state index contributed by atoms with van der Waals surface area (Å²) in [7, 11) is 0. The summed E-state index contributed by atoms with van der Waals surface area (Å²) < 4.78 is 0. The summed E-state index contributed by atoms with van der Waals surface area (Å²) in [6, 6.07) is 9.71. The van der Waals surface area contributed by atoms with Gasteiger partial charge in [0.25, 0.3) is 5.91 Å². The van der Waals surface area contributed by atoms with Crippen molar-refractivity contribution in [2.45, 2.75) is 18.9 Å². The number of hydrogen-bond acceptors (Lipinski definition) is 4. The minimum atomic E-state index is -0.166. The molecule has 1 fully saturated rings. The number of carbonyl (C=O) groups is 1. The highest BCUT2D eigenvalue weighted by Crippen LogP contribution is 2.06. The molecule has 0 radical (unpaired) electrons. The van der Waals surface area contributed by atoms with E-state index in [-0.39, 0.29) is 24.4 Å². The number of para-hydroxylation sites is 1. The molecule has 1 saturated heterocycles. The Morgan fingerprint density at radius 1 is 1.33 bits per heavy atom. The van der Waals surface area contributed by atoms with Crippen LogP contribution in [-0.2, 0) is 0 Å². The van der Waals surface area contributed by atoms with Gasteiger partial charge in [-0.25, -0.2) is 0 Å². The first-order valence-corrected chi connectivity index (χ1v) is 6.82. The summed E-state index contributed by atoms with van der Waals surface area (Å²) in [6.45, 7) is 1.84. The van der Waals surface area contributed by atoms with Crippen LogP contribution < -0.4 is 10.6 Å². The topological polar surface area (TPSA) is 71.8 Å². The molecule has 0 aliphatic carbocycles. The maximum atomic E-state index is 12.1. The van der Waals surface area contributed by atoms with Gasteiger partial charge < -0.3 is 10.6 Å². The number of carbonyl (C=O) groups excluding carboxylic acids is 1. The number of hydrogen-bond donors (Lipinski definition) is 2. The number of amides is 1. The van der Waals surface area contributed by atoms with E-state index in [1.807, 2.05) is 30.3 Å². The van der Waals surface area contributed by atoms with Gasteiger partial charge >= 0.3 is 0 Å². The zero-order chi connectivity index (χ0) is 13.8. The highest BCUT2D eigenvalue weighted by atomic mass is 35.5. The molecule has 1 atom stereocenters. The summed E-state index contributed by atoms with van der Waals surface area (Å²) in [5.74, 6) is -0.166. The van der Waals surface area contributed by atoms with E-state index in [0.29, 0.717) is 5.69 Å². The van der Waals surface area contributed by atoms with Crippen LogP contribution in [0.4, 0.5) is 0 Å². The lowest BCUT2D eigenvalue weighted by molar-refractivity contribution is 0.0925. The minimum absolute atomic E-state index is 0. The SMILES string of the molecule is Cl.O=C(N[C@@H]1CCCNC1)c1cnn(-c2ccccc2)n1. The Kier molecular flexibility index (Phi) is 5.30. The molecule has 1 amide bonds. The van der Waals surface area contributed by atoms with Gasteiger partial charge in [0.1, 0.15) is 0 Å². The third kappa shape index (κ3) is 3.80. The number of rotatable bonds is 3. The van der Waals surface area contributed by atoms with Crippen molar-refractivity contribution in [1.29, 1.82) is 0 Å². The summed E-state index contributed by atoms with van der Waals surface area (Å²) in [5.41, 5.74) is 1.19. The maximum Gasteiger partial charge on any atom is 0.273 e. The van der Waals surface area contributed by atoms with Crippen LogP contribution in [0.15, 0.2) is 36.5 Å². The van der Waals surface area contributed by atoms with E-state index < -0.39 is 0 Å². The molecule has 21 heavy (non-hydrogen) atoms. The first-order chi connectivity index (χ1) is 9.83. The number of piperidine rings is 1. The molecule has 1 aliphatic heterocycles. The van der Waals surface area contributed by atoms with Crippen LogP contribution in [-0.4, -0.2) is 40.0 Å². The Bertz CT molecular complexity index is 580. The van der Waals surface area contributed by atoms with Crippen LogP contribution >= 0.6 is 12.4 Å². The van der Waals surface area contributed by atoms with E-state index >= 15 is 0 Å². The largest absolute Gasteiger partial charge is 0.347 e. The number of halogens is 1. The zero-order valence-corrected chi connectivity index (χ0v) is 12.3. The van der Waals surface area contributed by atoms with Gasteiger partial charge in [-0.2, -0.15) is 9.90 Å². The van der Waals surface area contributed by atoms with Gasteiger partial charge in [-0.05, 0) is 31.5 Å². The van der Waals surface area contributed by atoms with Gasteiger partial charge in [0.05, 0.1) is 11.9 Å². The zero-order valence-electron chi connectivity index (χ0n) is 11.5. The van der Waals surface area contributed by atoms with E-state index in [2.05, 4.69) is 20.8 Å². The van der Waals surface area contributed by atoms with Crippen molar-refractivity contribution >= 4 is 18.3 Å². The van der Waals surface area contributed by atoms with Crippen LogP contribution in [0.25, 0.3) is 5.69 Å². The van der Waals surface area contributed by atoms with Crippen molar-refractivity contribution in [3.63, 3.8) is 0 Å². The van der Waals surface area contributed by atoms with Crippen LogP contribution in [0, 0.1) is 0 Å². The summed E-state index contributed by atoms with van der Waals surface area (Å²) in [6.07, 6.45) is 3.59. The second kappa shape index (κ2) is 7.19. The maximum absolute atomic E-state index is 12.1. The molecule has 112 valence electrons. The van der Waals surface area contributed by atoms with Gasteiger partial charge in [0.2, 0.25) is 0 Å². The standard InChI is InChI=1S/C14H17N5O.ClH/c20-14(17-11-5-4-8-15-9-11)13-10-16-19(18-13)12-6-2-1-3-7-12;/h1-3,6-7,10-11,15H,4-5,8-9H2,(H,17,20);1H/t11-;/m1./s1. The van der Waals surface area contributed by atoms with Crippen molar-refractivity contribution in [1.82, 2.24) is 25.6 Å². The second-order valence-corrected chi connectivity index (χ2v) is 4.87. The Labute approximate surface area is 129 Å². The first-order valence-electron chi connectivity index (χ1n) is 6.82. The molecular weight excluding hydrogens is 290 g/mol. The van der Waals surface area contributed by atoms with E-state index in [0.717, 1.165) is 31.6 Å². The summed E-state index contributed by atoms with van der Waals surface area (Å²) >= 11 is 0. The number of aromatic nitrogens is 3. The van der Waals surface area contributed by atoms with Crippen molar-refractivity contribution < 1.29 is 4.79 Å². The fourth-order valence-electron chi connectivity index (χ4n) is 2.29. The van der Waals surface area contributed by atoms with Crippen LogP contribution in [0.3, 0.4) is 0 Å². The third-order valence-corrected chi connectivity index (χ3v) is 3.34. The third-order valence-electron chi connectivity index (χ3n) is 3.34. The molecule has 0 spiro atoms. The highest BCUT2D eigenvalue weighted by molar-refractivity contribution is 5.92. The normalized spacial score (nSPS) is 17.8. The molecule has 2 heterocycles. The van der Waals surface area contributed by atoms with Crippen molar-refractivity contribution in [2.75, 3.05) is 13.1 Å².